The van der Waals surface area contributed by atoms with Crippen molar-refractivity contribution in [2.24, 2.45) is 5.73 Å². The molecule has 3 N–H and O–H groups in total. The molecule has 1 aromatic heterocycles. The van der Waals surface area contributed by atoms with Gasteiger partial charge in [0.25, 0.3) is 5.91 Å². The summed E-state index contributed by atoms with van der Waals surface area (Å²) in [6.07, 6.45) is 1.49. The first kappa shape index (κ1) is 19.6. The molecular formula is C21H20N2O4S. The Kier molecular flexibility index (Phi) is 5.75. The maximum absolute atomic E-state index is 11.0. The van der Waals surface area contributed by atoms with E-state index >= 15 is 0 Å². The summed E-state index contributed by atoms with van der Waals surface area (Å²) < 4.78 is 5.02. The van der Waals surface area contributed by atoms with Crippen molar-refractivity contribution in [1.29, 1.82) is 0 Å². The van der Waals surface area contributed by atoms with Gasteiger partial charge in [0.05, 0.1) is 18.2 Å². The number of methoxy groups -OCH3 is 1. The van der Waals surface area contributed by atoms with Gasteiger partial charge in [0.15, 0.2) is 5.01 Å². The molecule has 6 nitrogen and oxygen atoms in total. The first-order valence-corrected chi connectivity index (χ1v) is 9.53. The number of carboxylic acids is 1. The maximum atomic E-state index is 11.0. The number of primary amides is 1. The van der Waals surface area contributed by atoms with E-state index in [2.05, 4.69) is 4.98 Å². The summed E-state index contributed by atoms with van der Waals surface area (Å²) >= 11 is 1.27. The van der Waals surface area contributed by atoms with Crippen molar-refractivity contribution in [1.82, 2.24) is 4.98 Å². The van der Waals surface area contributed by atoms with Crippen LogP contribution in [0.15, 0.2) is 60.0 Å². The molecule has 0 spiro atoms. The summed E-state index contributed by atoms with van der Waals surface area (Å²) in [6.45, 7) is 0. The van der Waals surface area contributed by atoms with Gasteiger partial charge in [0.1, 0.15) is 5.75 Å². The molecule has 1 fully saturated rings. The van der Waals surface area contributed by atoms with E-state index in [4.69, 9.17) is 15.6 Å². The van der Waals surface area contributed by atoms with Gasteiger partial charge in [-0.05, 0) is 30.5 Å². The molecule has 1 heterocycles. The van der Waals surface area contributed by atoms with Crippen LogP contribution < -0.4 is 10.5 Å². The average molecular weight is 396 g/mol. The third-order valence-electron chi connectivity index (χ3n) is 4.59. The van der Waals surface area contributed by atoms with Crippen molar-refractivity contribution < 1.29 is 19.4 Å². The number of nitrogens with zero attached hydrogens (tertiary/aromatic N) is 1. The summed E-state index contributed by atoms with van der Waals surface area (Å²) in [6, 6.07) is 17.0. The van der Waals surface area contributed by atoms with E-state index in [-0.39, 0.29) is 0 Å². The van der Waals surface area contributed by atoms with Crippen molar-refractivity contribution in [2.75, 3.05) is 7.11 Å². The number of nitrogens with two attached hydrogens (primary N) is 1. The number of thiazole rings is 1. The lowest BCUT2D eigenvalue weighted by atomic mass is 9.96. The predicted octanol–water partition coefficient (Wildman–Crippen LogP) is 3.72. The van der Waals surface area contributed by atoms with Crippen molar-refractivity contribution in [3.05, 3.63) is 70.5 Å². The highest BCUT2D eigenvalue weighted by Gasteiger charge is 2.51. The number of hydrogen-bond donors (Lipinski definition) is 2. The van der Waals surface area contributed by atoms with Gasteiger partial charge in [-0.25, -0.2) is 4.98 Å². The highest BCUT2D eigenvalue weighted by Crippen LogP contribution is 2.48. The molecule has 1 saturated carbocycles. The average Bonchev–Trinajstić information content (AvgIpc) is 3.39. The van der Waals surface area contributed by atoms with Crippen LogP contribution in [0.25, 0.3) is 11.3 Å². The van der Waals surface area contributed by atoms with Gasteiger partial charge in [-0.15, -0.1) is 11.3 Å². The van der Waals surface area contributed by atoms with Crippen LogP contribution >= 0.6 is 11.3 Å². The molecule has 0 saturated heterocycles. The second kappa shape index (κ2) is 8.22. The Morgan fingerprint density at radius 1 is 1.11 bits per heavy atom. The Hall–Kier alpha value is -3.19. The molecule has 3 aromatic rings. The van der Waals surface area contributed by atoms with Crippen LogP contribution in [-0.4, -0.2) is 29.1 Å². The lowest BCUT2D eigenvalue weighted by Gasteiger charge is -2.10. The third kappa shape index (κ3) is 4.20. The number of aromatic nitrogens is 1. The lowest BCUT2D eigenvalue weighted by Crippen LogP contribution is -2.19. The highest BCUT2D eigenvalue weighted by molar-refractivity contribution is 7.12. The van der Waals surface area contributed by atoms with Gasteiger partial charge < -0.3 is 15.6 Å². The molecule has 2 aromatic carbocycles. The monoisotopic (exact) mass is 396 g/mol. The summed E-state index contributed by atoms with van der Waals surface area (Å²) in [5, 5.41) is 11.2. The second-order valence-electron chi connectivity index (χ2n) is 6.38. The quantitative estimate of drug-likeness (QED) is 0.684. The number of rotatable bonds is 5. The van der Waals surface area contributed by atoms with Crippen LogP contribution in [0.1, 0.15) is 28.2 Å². The van der Waals surface area contributed by atoms with E-state index in [1.165, 1.54) is 11.3 Å². The Morgan fingerprint density at radius 3 is 2.21 bits per heavy atom. The smallest absolute Gasteiger partial charge is 0.314 e. The molecule has 0 unspecified atom stereocenters. The zero-order valence-electron chi connectivity index (χ0n) is 15.3. The maximum Gasteiger partial charge on any atom is 0.314 e. The molecule has 1 amide bonds. The molecule has 0 radical (unpaired) electrons. The molecule has 1 aliphatic rings. The fourth-order valence-electron chi connectivity index (χ4n) is 2.79. The number of hydrogen-bond acceptors (Lipinski definition) is 5. The van der Waals surface area contributed by atoms with Crippen molar-refractivity contribution in [3.63, 3.8) is 0 Å². The molecule has 7 heteroatoms. The number of amides is 1. The van der Waals surface area contributed by atoms with Gasteiger partial charge in [0.2, 0.25) is 0 Å². The van der Waals surface area contributed by atoms with Crippen LogP contribution in [0, 0.1) is 0 Å². The minimum atomic E-state index is -0.720. The summed E-state index contributed by atoms with van der Waals surface area (Å²) in [7, 11) is 1.60. The van der Waals surface area contributed by atoms with E-state index in [1.54, 1.807) is 19.2 Å². The van der Waals surface area contributed by atoms with Crippen molar-refractivity contribution in [2.45, 2.75) is 18.3 Å². The fraction of sp³-hybridized carbons (Fsp3) is 0.190. The molecule has 0 atom stereocenters. The van der Waals surface area contributed by atoms with Gasteiger partial charge >= 0.3 is 5.97 Å². The summed E-state index contributed by atoms with van der Waals surface area (Å²) in [5.74, 6) is -0.435. The molecule has 4 rings (SSSR count). The summed E-state index contributed by atoms with van der Waals surface area (Å²) in [4.78, 5) is 25.9. The molecule has 28 heavy (non-hydrogen) atoms. The Bertz CT molecular complexity index is 964. The number of carbonyl (C=O) groups excluding carboxylic acids is 1. The van der Waals surface area contributed by atoms with Gasteiger partial charge in [0, 0.05) is 10.9 Å². The van der Waals surface area contributed by atoms with Crippen molar-refractivity contribution in [3.8, 4) is 17.0 Å². The van der Waals surface area contributed by atoms with Crippen LogP contribution in [0.4, 0.5) is 0 Å². The Balaban J connectivity index is 0.000000161. The van der Waals surface area contributed by atoms with E-state index in [1.807, 2.05) is 47.8 Å². The van der Waals surface area contributed by atoms with Gasteiger partial charge in [-0.1, -0.05) is 42.5 Å². The first-order valence-electron chi connectivity index (χ1n) is 8.65. The largest absolute Gasteiger partial charge is 0.497 e. The SMILES string of the molecule is COc1ccc(C2(C(=O)O)CC2)cc1.NC(=O)c1nc(-c2ccccc2)cs1. The predicted molar refractivity (Wildman–Crippen MR) is 108 cm³/mol. The topological polar surface area (TPSA) is 103 Å². The minimum Gasteiger partial charge on any atom is -0.497 e. The number of carbonyl (C=O) groups is 2. The number of carboxylic acid groups (broad SMARTS) is 1. The Labute approximate surface area is 166 Å². The minimum absolute atomic E-state index is 0.351. The van der Waals surface area contributed by atoms with Crippen LogP contribution in [0.3, 0.4) is 0 Å². The number of ether oxygens (including phenoxy) is 1. The molecule has 144 valence electrons. The van der Waals surface area contributed by atoms with E-state index in [9.17, 15) is 9.59 Å². The van der Waals surface area contributed by atoms with Crippen LogP contribution in [0.2, 0.25) is 0 Å². The molecular weight excluding hydrogens is 376 g/mol. The number of benzene rings is 2. The van der Waals surface area contributed by atoms with Gasteiger partial charge in [-0.3, -0.25) is 9.59 Å². The zero-order chi connectivity index (χ0) is 20.1. The normalized spacial score (nSPS) is 13.8. The van der Waals surface area contributed by atoms with E-state index in [0.29, 0.717) is 5.01 Å². The fourth-order valence-corrected chi connectivity index (χ4v) is 3.47. The highest BCUT2D eigenvalue weighted by atomic mass is 32.1. The van der Waals surface area contributed by atoms with E-state index in [0.717, 1.165) is 35.4 Å². The standard InChI is InChI=1S/C11H12O3.C10H8N2OS/c1-14-9-4-2-8(3-5-9)11(6-7-11)10(12)13;11-9(13)10-12-8(6-14-10)7-4-2-1-3-5-7/h2-5H,6-7H2,1H3,(H,12,13);1-6H,(H2,11,13). The molecule has 1 aliphatic carbocycles. The number of aliphatic carboxylic acids is 1. The second-order valence-corrected chi connectivity index (χ2v) is 7.24. The zero-order valence-corrected chi connectivity index (χ0v) is 16.1. The third-order valence-corrected chi connectivity index (χ3v) is 5.44. The lowest BCUT2D eigenvalue weighted by molar-refractivity contribution is -0.140. The Morgan fingerprint density at radius 2 is 1.75 bits per heavy atom. The van der Waals surface area contributed by atoms with Crippen molar-refractivity contribution >= 4 is 23.2 Å². The van der Waals surface area contributed by atoms with Crippen LogP contribution in [0.5, 0.6) is 5.75 Å². The molecule has 0 bridgehead atoms. The first-order chi connectivity index (χ1) is 13.5. The van der Waals surface area contributed by atoms with E-state index < -0.39 is 17.3 Å². The van der Waals surface area contributed by atoms with Gasteiger partial charge in [-0.2, -0.15) is 0 Å². The molecule has 0 aliphatic heterocycles. The summed E-state index contributed by atoms with van der Waals surface area (Å²) in [5.41, 5.74) is 7.18. The van der Waals surface area contributed by atoms with Crippen LogP contribution in [-0.2, 0) is 10.2 Å².